The van der Waals surface area contributed by atoms with Crippen LogP contribution in [0.3, 0.4) is 0 Å². The Bertz CT molecular complexity index is 1910. The lowest BCUT2D eigenvalue weighted by atomic mass is 10.1. The van der Waals surface area contributed by atoms with Gasteiger partial charge >= 0.3 is 0 Å². The molecule has 0 radical (unpaired) electrons. The molecule has 5 rings (SSSR count). The highest BCUT2D eigenvalue weighted by atomic mass is 32.2. The first-order valence-electron chi connectivity index (χ1n) is 15.1. The summed E-state index contributed by atoms with van der Waals surface area (Å²) in [6, 6.07) is 38.2. The maximum absolute atomic E-state index is 13.8. The highest BCUT2D eigenvalue weighted by Crippen LogP contribution is 2.37. The van der Waals surface area contributed by atoms with Crippen molar-refractivity contribution in [2.75, 3.05) is 24.9 Å². The molecule has 0 aromatic heterocycles. The maximum atomic E-state index is 13.8. The Balaban J connectivity index is 1.41. The zero-order valence-corrected chi connectivity index (χ0v) is 27.5. The predicted octanol–water partition coefficient (Wildman–Crippen LogP) is 7.89. The molecule has 0 aliphatic heterocycles. The summed E-state index contributed by atoms with van der Waals surface area (Å²) in [7, 11) is 3.06. The Morgan fingerprint density at radius 2 is 1.42 bits per heavy atom. The first-order chi connectivity index (χ1) is 23.3. The van der Waals surface area contributed by atoms with E-state index in [2.05, 4.69) is 16.0 Å². The van der Waals surface area contributed by atoms with Crippen molar-refractivity contribution in [1.29, 1.82) is 0 Å². The van der Waals surface area contributed by atoms with Crippen LogP contribution in [0.25, 0.3) is 6.08 Å². The Morgan fingerprint density at radius 1 is 0.708 bits per heavy atom. The van der Waals surface area contributed by atoms with Crippen molar-refractivity contribution in [2.45, 2.75) is 17.1 Å². The van der Waals surface area contributed by atoms with Crippen LogP contribution in [0.4, 0.5) is 11.4 Å². The minimum absolute atomic E-state index is 0.00639. The fourth-order valence-electron chi connectivity index (χ4n) is 4.78. The van der Waals surface area contributed by atoms with Crippen molar-refractivity contribution in [3.05, 3.63) is 155 Å². The molecular weight excluding hydrogens is 623 g/mol. The molecule has 0 spiro atoms. The molecule has 3 amide bonds. The van der Waals surface area contributed by atoms with Gasteiger partial charge in [-0.3, -0.25) is 14.4 Å². The monoisotopic (exact) mass is 657 g/mol. The van der Waals surface area contributed by atoms with Gasteiger partial charge in [0.1, 0.15) is 22.4 Å². The fourth-order valence-corrected chi connectivity index (χ4v) is 5.86. The van der Waals surface area contributed by atoms with Gasteiger partial charge in [-0.15, -0.1) is 11.8 Å². The van der Waals surface area contributed by atoms with E-state index in [0.29, 0.717) is 34.0 Å². The topological polar surface area (TPSA) is 106 Å². The largest absolute Gasteiger partial charge is 0.497 e. The number of thioether (sulfide) groups is 1. The van der Waals surface area contributed by atoms with Crippen molar-refractivity contribution in [1.82, 2.24) is 5.32 Å². The average molecular weight is 658 g/mol. The van der Waals surface area contributed by atoms with E-state index in [1.807, 2.05) is 67.6 Å². The maximum Gasteiger partial charge on any atom is 0.272 e. The third-order valence-electron chi connectivity index (χ3n) is 7.27. The van der Waals surface area contributed by atoms with E-state index in [-0.39, 0.29) is 11.6 Å². The molecule has 0 saturated heterocycles. The Hall–Kier alpha value is -5.80. The number of nitrogens with one attached hydrogen (secondary N) is 3. The van der Waals surface area contributed by atoms with Crippen LogP contribution in [0, 0.1) is 6.92 Å². The number of carbonyl (C=O) groups excluding carboxylic acids is 3. The minimum atomic E-state index is -0.570. The molecule has 5 aromatic rings. The lowest BCUT2D eigenvalue weighted by Gasteiger charge is -2.18. The molecule has 48 heavy (non-hydrogen) atoms. The molecular formula is C39H35N3O5S. The summed E-state index contributed by atoms with van der Waals surface area (Å²) in [5, 5.41) is 8.12. The first-order valence-corrected chi connectivity index (χ1v) is 16.0. The molecule has 1 unspecified atom stereocenters. The van der Waals surface area contributed by atoms with Crippen LogP contribution in [0.15, 0.2) is 138 Å². The molecule has 0 aliphatic rings. The number of carbonyl (C=O) groups is 3. The Kier molecular flexibility index (Phi) is 11.3. The lowest BCUT2D eigenvalue weighted by molar-refractivity contribution is -0.116. The van der Waals surface area contributed by atoms with Crippen LogP contribution in [0.5, 0.6) is 11.5 Å². The zero-order valence-electron chi connectivity index (χ0n) is 26.7. The molecule has 0 saturated carbocycles. The number of hydrogen-bond acceptors (Lipinski definition) is 6. The predicted molar refractivity (Wildman–Crippen MR) is 191 cm³/mol. The quantitative estimate of drug-likeness (QED) is 0.0931. The third kappa shape index (κ3) is 8.92. The highest BCUT2D eigenvalue weighted by molar-refractivity contribution is 8.00. The molecule has 242 valence electrons. The molecule has 3 N–H and O–H groups in total. The number of anilines is 2. The van der Waals surface area contributed by atoms with Crippen LogP contribution in [0.1, 0.15) is 32.3 Å². The smallest absolute Gasteiger partial charge is 0.272 e. The van der Waals surface area contributed by atoms with Crippen LogP contribution in [0.2, 0.25) is 0 Å². The average Bonchev–Trinajstić information content (AvgIpc) is 3.12. The number of methoxy groups -OCH3 is 2. The van der Waals surface area contributed by atoms with E-state index in [1.54, 1.807) is 73.8 Å². The first kappa shape index (κ1) is 33.6. The van der Waals surface area contributed by atoms with Gasteiger partial charge in [0.25, 0.3) is 11.8 Å². The SMILES string of the molecule is COc1ccc(OC)c(/C=C(/NC(=O)c2ccccc2)C(=O)Nc2cccc(SC(C(=O)Nc3ccc(C)cc3)c3ccccc3)c2)c1. The molecule has 0 heterocycles. The number of amides is 3. The number of benzene rings is 5. The van der Waals surface area contributed by atoms with Gasteiger partial charge in [0, 0.05) is 27.4 Å². The Morgan fingerprint density at radius 3 is 2.10 bits per heavy atom. The summed E-state index contributed by atoms with van der Waals surface area (Å²) in [6.45, 7) is 1.99. The van der Waals surface area contributed by atoms with Crippen LogP contribution < -0.4 is 25.4 Å². The molecule has 0 fully saturated rings. The van der Waals surface area contributed by atoms with E-state index in [9.17, 15) is 14.4 Å². The summed E-state index contributed by atoms with van der Waals surface area (Å²) < 4.78 is 10.9. The molecule has 0 aliphatic carbocycles. The van der Waals surface area contributed by atoms with E-state index in [0.717, 1.165) is 16.0 Å². The van der Waals surface area contributed by atoms with Gasteiger partial charge in [-0.25, -0.2) is 0 Å². The molecule has 5 aromatic carbocycles. The number of ether oxygens (including phenoxy) is 2. The van der Waals surface area contributed by atoms with E-state index >= 15 is 0 Å². The van der Waals surface area contributed by atoms with E-state index < -0.39 is 17.1 Å². The summed E-state index contributed by atoms with van der Waals surface area (Å²) >= 11 is 1.36. The summed E-state index contributed by atoms with van der Waals surface area (Å²) in [6.07, 6.45) is 1.54. The standard InChI is InChI=1S/C39H35N3O5S/c1-26-17-19-30(20-18-26)40-39(45)36(27-11-6-4-7-12-27)48-33-16-10-15-31(25-33)41-38(44)34(42-37(43)28-13-8-5-9-14-28)24-29-23-32(46-2)21-22-35(29)47-3/h4-25,36H,1-3H3,(H,40,45)(H,41,44)(H,42,43)/b34-24+. The third-order valence-corrected chi connectivity index (χ3v) is 8.52. The summed E-state index contributed by atoms with van der Waals surface area (Å²) in [4.78, 5) is 41.3. The number of aryl methyl sites for hydroxylation is 1. The molecule has 0 bridgehead atoms. The zero-order chi connectivity index (χ0) is 33.9. The van der Waals surface area contributed by atoms with Gasteiger partial charge in [0.05, 0.1) is 14.2 Å². The van der Waals surface area contributed by atoms with Crippen LogP contribution >= 0.6 is 11.8 Å². The molecule has 8 nitrogen and oxygen atoms in total. The van der Waals surface area contributed by atoms with Gasteiger partial charge in [0.2, 0.25) is 5.91 Å². The second kappa shape index (κ2) is 16.2. The van der Waals surface area contributed by atoms with Crippen molar-refractivity contribution >= 4 is 46.9 Å². The van der Waals surface area contributed by atoms with Crippen molar-refractivity contribution in [2.24, 2.45) is 0 Å². The summed E-state index contributed by atoms with van der Waals surface area (Å²) in [5.74, 6) is -0.133. The highest BCUT2D eigenvalue weighted by Gasteiger charge is 2.23. The second-order valence-corrected chi connectivity index (χ2v) is 11.9. The van der Waals surface area contributed by atoms with Crippen molar-refractivity contribution in [3.63, 3.8) is 0 Å². The number of rotatable bonds is 12. The Labute approximate surface area is 284 Å². The van der Waals surface area contributed by atoms with E-state index in [1.165, 1.54) is 24.9 Å². The van der Waals surface area contributed by atoms with E-state index in [4.69, 9.17) is 9.47 Å². The van der Waals surface area contributed by atoms with Gasteiger partial charge in [-0.2, -0.15) is 0 Å². The van der Waals surface area contributed by atoms with Crippen molar-refractivity contribution < 1.29 is 23.9 Å². The fraction of sp³-hybridized carbons (Fsp3) is 0.103. The van der Waals surface area contributed by atoms with Gasteiger partial charge in [-0.05, 0) is 79.2 Å². The van der Waals surface area contributed by atoms with Crippen LogP contribution in [-0.4, -0.2) is 31.9 Å². The normalized spacial score (nSPS) is 11.6. The van der Waals surface area contributed by atoms with Crippen LogP contribution in [-0.2, 0) is 9.59 Å². The second-order valence-electron chi connectivity index (χ2n) is 10.7. The van der Waals surface area contributed by atoms with Gasteiger partial charge in [-0.1, -0.05) is 72.3 Å². The molecule has 1 atom stereocenters. The van der Waals surface area contributed by atoms with Crippen molar-refractivity contribution in [3.8, 4) is 11.5 Å². The molecule has 9 heteroatoms. The van der Waals surface area contributed by atoms with Gasteiger partial charge < -0.3 is 25.4 Å². The number of hydrogen-bond donors (Lipinski definition) is 3. The van der Waals surface area contributed by atoms with Gasteiger partial charge in [0.15, 0.2) is 0 Å². The minimum Gasteiger partial charge on any atom is -0.497 e. The lowest BCUT2D eigenvalue weighted by Crippen LogP contribution is -2.30. The summed E-state index contributed by atoms with van der Waals surface area (Å²) in [5.41, 5.74) is 4.04.